The Kier molecular flexibility index (Phi) is 17.5. The van der Waals surface area contributed by atoms with Crippen LogP contribution in [-0.4, -0.2) is 22.1 Å². The third-order valence-electron chi connectivity index (χ3n) is 14.8. The first-order chi connectivity index (χ1) is 41.0. The highest BCUT2D eigenvalue weighted by atomic mass is 16.3. The van der Waals surface area contributed by atoms with E-state index >= 15 is 0 Å². The molecule has 83 heavy (non-hydrogen) atoms. The molecule has 0 saturated heterocycles. The van der Waals surface area contributed by atoms with Gasteiger partial charge in [0.05, 0.1) is 22.4 Å². The first-order valence-corrected chi connectivity index (χ1v) is 28.5. The predicted octanol–water partition coefficient (Wildman–Crippen LogP) is 20.2. The third kappa shape index (κ3) is 11.2. The largest absolute Gasteiger partial charge is 0.458 e. The van der Waals surface area contributed by atoms with Crippen molar-refractivity contribution >= 4 is 95.4 Å². The molecule has 4 heterocycles. The van der Waals surface area contributed by atoms with Crippen LogP contribution in [0, 0.1) is 12.8 Å². The van der Waals surface area contributed by atoms with Crippen LogP contribution < -0.4 is 4.90 Å². The normalized spacial score (nSPS) is 14.5. The molecule has 0 saturated carbocycles. The summed E-state index contributed by atoms with van der Waals surface area (Å²) < 4.78 is 15.3. The van der Waals surface area contributed by atoms with E-state index in [1.807, 2.05) is 119 Å². The summed E-state index contributed by atoms with van der Waals surface area (Å²) in [7, 11) is 0. The maximum absolute atomic E-state index is 6.54. The lowest BCUT2D eigenvalue weighted by atomic mass is 9.86. The van der Waals surface area contributed by atoms with Gasteiger partial charge in [-0.2, -0.15) is 0 Å². The molecular weight excluding hydrogens is 1010 g/mol. The SMILES string of the molecule is C#C.C=C(N=C(N=C(C)N1c2ccccc2C2C=Cc3c(oc4ccccc34)C21)c1ccccc1)c1ccccc1.CC.CC.CC(=N/C(=C\Cc1ccccc1)c1ccccc1)n1c2ccccc2c2ccc3c4ccccc4oc3c21. The second-order valence-electron chi connectivity index (χ2n) is 19.5. The summed E-state index contributed by atoms with van der Waals surface area (Å²) in [5.74, 6) is 3.50. The van der Waals surface area contributed by atoms with Crippen LogP contribution >= 0.6 is 0 Å². The topological polar surface area (TPSA) is 71.5 Å². The molecular formula is C76H67N5O2. The molecule has 12 aromatic rings. The van der Waals surface area contributed by atoms with Gasteiger partial charge < -0.3 is 13.7 Å². The van der Waals surface area contributed by atoms with Crippen molar-refractivity contribution in [2.45, 2.75) is 59.9 Å². The Balaban J connectivity index is 0.000000170. The fourth-order valence-electron chi connectivity index (χ4n) is 11.2. The molecule has 0 amide bonds. The molecule has 7 nitrogen and oxygen atoms in total. The fourth-order valence-corrected chi connectivity index (χ4v) is 11.2. The summed E-state index contributed by atoms with van der Waals surface area (Å²) in [6, 6.07) is 79.0. The van der Waals surface area contributed by atoms with Gasteiger partial charge in [-0.25, -0.2) is 15.0 Å². The maximum atomic E-state index is 6.54. The molecule has 3 aromatic heterocycles. The molecule has 9 aromatic carbocycles. The lowest BCUT2D eigenvalue weighted by Gasteiger charge is -2.30. The molecule has 2 atom stereocenters. The molecule has 0 bridgehead atoms. The average Bonchev–Trinajstić information content (AvgIpc) is 2.37. The van der Waals surface area contributed by atoms with Gasteiger partial charge in [0.1, 0.15) is 34.6 Å². The zero-order chi connectivity index (χ0) is 57.8. The maximum Gasteiger partial charge on any atom is 0.161 e. The second-order valence-corrected chi connectivity index (χ2v) is 19.5. The Morgan fingerprint density at radius 1 is 0.518 bits per heavy atom. The van der Waals surface area contributed by atoms with E-state index in [4.69, 9.17) is 23.8 Å². The van der Waals surface area contributed by atoms with E-state index in [9.17, 15) is 0 Å². The minimum Gasteiger partial charge on any atom is -0.458 e. The molecule has 7 heteroatoms. The summed E-state index contributed by atoms with van der Waals surface area (Å²) in [4.78, 5) is 17.7. The van der Waals surface area contributed by atoms with Crippen LogP contribution in [0.15, 0.2) is 273 Å². The van der Waals surface area contributed by atoms with Gasteiger partial charge in [0.25, 0.3) is 0 Å². The molecule has 2 aliphatic rings. The molecule has 0 radical (unpaired) electrons. The van der Waals surface area contributed by atoms with E-state index in [1.54, 1.807) is 0 Å². The number of benzene rings is 9. The highest BCUT2D eigenvalue weighted by Gasteiger charge is 2.44. The van der Waals surface area contributed by atoms with Gasteiger partial charge in [-0.05, 0) is 72.9 Å². The number of anilines is 1. The summed E-state index contributed by atoms with van der Waals surface area (Å²) in [6.07, 6.45) is 15.6. The van der Waals surface area contributed by atoms with Gasteiger partial charge >= 0.3 is 0 Å². The van der Waals surface area contributed by atoms with E-state index in [0.29, 0.717) is 11.5 Å². The van der Waals surface area contributed by atoms with Crippen molar-refractivity contribution in [3.05, 3.63) is 288 Å². The number of hydrogen-bond acceptors (Lipinski definition) is 4. The third-order valence-corrected chi connectivity index (χ3v) is 14.8. The number of rotatable bonds is 7. The Morgan fingerprint density at radius 2 is 1.06 bits per heavy atom. The standard InChI is InChI=1S/C35H27N3O.C35H26N2O.2C2H6.C2H2/c1-23(25-13-5-3-6-14-25)36-35(26-15-7-4-8-16-26)37-24(2)38-31-19-11-9-17-27(31)29-21-22-30-28-18-10-12-20-32(28)39-34(30)33(29)38;1-24(36-31(26-14-6-3-7-15-26)23-20-25-12-4-2-5-13-25)37-32-18-10-8-16-27(32)29-21-22-30-28-17-9-11-19-33(28)38-35(30)34(29)37;3*1-2/h3-22,29,33H,1H2,2H3;2-19,21-23H,20H2,1H3;2*1-2H3;1-2H/b;31-23-,36-24?;;;. The average molecular weight is 1080 g/mol. The van der Waals surface area contributed by atoms with E-state index in [2.05, 4.69) is 200 Å². The van der Waals surface area contributed by atoms with Crippen molar-refractivity contribution in [2.75, 3.05) is 4.90 Å². The van der Waals surface area contributed by atoms with Crippen LogP contribution in [0.4, 0.5) is 5.69 Å². The van der Waals surface area contributed by atoms with Gasteiger partial charge in [-0.3, -0.25) is 4.57 Å². The molecule has 0 N–H and O–H groups in total. The Bertz CT molecular complexity index is 4400. The lowest BCUT2D eigenvalue weighted by Crippen LogP contribution is -2.32. The number of nitrogens with zero attached hydrogens (tertiary/aromatic N) is 5. The van der Waals surface area contributed by atoms with Crippen molar-refractivity contribution in [3.8, 4) is 12.8 Å². The summed E-state index contributed by atoms with van der Waals surface area (Å²) in [6.45, 7) is 16.4. The summed E-state index contributed by atoms with van der Waals surface area (Å²) in [5.41, 5.74) is 14.3. The second kappa shape index (κ2) is 25.9. The predicted molar refractivity (Wildman–Crippen MR) is 354 cm³/mol. The highest BCUT2D eigenvalue weighted by Crippen LogP contribution is 2.54. The van der Waals surface area contributed by atoms with Crippen LogP contribution in [0.25, 0.3) is 72.2 Å². The first-order valence-electron chi connectivity index (χ1n) is 28.5. The van der Waals surface area contributed by atoms with Crippen molar-refractivity contribution in [2.24, 2.45) is 15.0 Å². The summed E-state index contributed by atoms with van der Waals surface area (Å²) in [5, 5.41) is 5.74. The monoisotopic (exact) mass is 1080 g/mol. The number of amidine groups is 2. The van der Waals surface area contributed by atoms with Crippen molar-refractivity contribution in [1.82, 2.24) is 4.57 Å². The Labute approximate surface area is 487 Å². The number of terminal acetylenes is 1. The number of fused-ring (bicyclic) bond motifs is 14. The quantitative estimate of drug-likeness (QED) is 0.0907. The Hall–Kier alpha value is -10.3. The number of para-hydroxylation sites is 4. The highest BCUT2D eigenvalue weighted by molar-refractivity contribution is 6.24. The van der Waals surface area contributed by atoms with E-state index < -0.39 is 0 Å². The molecule has 0 spiro atoms. The molecule has 0 fully saturated rings. The number of aliphatic imine (C=N–C) groups is 3. The van der Waals surface area contributed by atoms with E-state index in [0.717, 1.165) is 107 Å². The molecule has 14 rings (SSSR count). The van der Waals surface area contributed by atoms with E-state index in [-0.39, 0.29) is 12.0 Å². The zero-order valence-electron chi connectivity index (χ0n) is 47.9. The number of furan rings is 2. The van der Waals surface area contributed by atoms with Crippen LogP contribution in [0.5, 0.6) is 0 Å². The minimum absolute atomic E-state index is 0.0344. The fraction of sp³-hybridized carbons (Fsp3) is 0.118. The lowest BCUT2D eigenvalue weighted by molar-refractivity contribution is 0.481. The molecule has 1 aliphatic heterocycles. The smallest absolute Gasteiger partial charge is 0.161 e. The number of hydrogen-bond donors (Lipinski definition) is 0. The Morgan fingerprint density at radius 3 is 1.75 bits per heavy atom. The number of allylic oxidation sites excluding steroid dienone is 1. The van der Waals surface area contributed by atoms with Crippen LogP contribution in [0.3, 0.4) is 0 Å². The van der Waals surface area contributed by atoms with Crippen molar-refractivity contribution in [1.29, 1.82) is 0 Å². The van der Waals surface area contributed by atoms with Gasteiger partial charge in [-0.1, -0.05) is 253 Å². The minimum atomic E-state index is -0.0344. The molecule has 2 unspecified atom stereocenters. The van der Waals surface area contributed by atoms with Crippen molar-refractivity contribution in [3.63, 3.8) is 0 Å². The summed E-state index contributed by atoms with van der Waals surface area (Å²) >= 11 is 0. The van der Waals surface area contributed by atoms with Crippen LogP contribution in [0.2, 0.25) is 0 Å². The van der Waals surface area contributed by atoms with E-state index in [1.165, 1.54) is 16.5 Å². The van der Waals surface area contributed by atoms with Crippen LogP contribution in [-0.2, 0) is 6.42 Å². The van der Waals surface area contributed by atoms with Gasteiger partial charge in [0.15, 0.2) is 11.4 Å². The van der Waals surface area contributed by atoms with Crippen molar-refractivity contribution < 1.29 is 8.83 Å². The zero-order valence-corrected chi connectivity index (χ0v) is 47.9. The van der Waals surface area contributed by atoms with Gasteiger partial charge in [0.2, 0.25) is 0 Å². The molecule has 408 valence electrons. The molecule has 1 aliphatic carbocycles. The van der Waals surface area contributed by atoms with Crippen LogP contribution in [0.1, 0.15) is 92.6 Å². The first kappa shape index (κ1) is 56.0. The number of aromatic nitrogens is 1. The van der Waals surface area contributed by atoms with Gasteiger partial charge in [0, 0.05) is 49.7 Å². The van der Waals surface area contributed by atoms with Gasteiger partial charge in [-0.15, -0.1) is 12.8 Å².